The van der Waals surface area contributed by atoms with E-state index < -0.39 is 0 Å². The molecule has 92 valence electrons. The van der Waals surface area contributed by atoms with Gasteiger partial charge in [-0.05, 0) is 5.92 Å². The maximum absolute atomic E-state index is 11.9. The molecule has 1 aromatic rings. The summed E-state index contributed by atoms with van der Waals surface area (Å²) in [4.78, 5) is 27.5. The predicted molar refractivity (Wildman–Crippen MR) is 62.0 cm³/mol. The Kier molecular flexibility index (Phi) is 3.00. The van der Waals surface area contributed by atoms with Gasteiger partial charge in [0, 0.05) is 37.2 Å². The minimum Gasteiger partial charge on any atom is -0.337 e. The molecule has 0 radical (unpaired) electrons. The average Bonchev–Trinajstić information content (AvgIpc) is 2.62. The first kappa shape index (κ1) is 11.8. The van der Waals surface area contributed by atoms with Gasteiger partial charge in [-0.1, -0.05) is 13.8 Å². The van der Waals surface area contributed by atoms with Crippen molar-refractivity contribution >= 4 is 11.8 Å². The Labute approximate surface area is 100 Å². The van der Waals surface area contributed by atoms with Crippen LogP contribution in [0.2, 0.25) is 0 Å². The normalized spacial score (nSPS) is 25.2. The Morgan fingerprint density at radius 3 is 2.71 bits per heavy atom. The minimum atomic E-state index is -0.196. The highest BCUT2D eigenvalue weighted by Gasteiger charge is 2.39. The van der Waals surface area contributed by atoms with Crippen LogP contribution in [-0.2, 0) is 16.6 Å². The van der Waals surface area contributed by atoms with Crippen molar-refractivity contribution in [1.29, 1.82) is 0 Å². The molecule has 17 heavy (non-hydrogen) atoms. The molecule has 0 saturated carbocycles. The van der Waals surface area contributed by atoms with E-state index in [0.717, 1.165) is 5.69 Å². The van der Waals surface area contributed by atoms with E-state index in [4.69, 9.17) is 0 Å². The summed E-state index contributed by atoms with van der Waals surface area (Å²) in [6.07, 6.45) is 3.80. The molecule has 5 heteroatoms. The number of nitrogens with one attached hydrogen (secondary N) is 1. The minimum absolute atomic E-state index is 0.0660. The fourth-order valence-electron chi connectivity index (χ4n) is 2.56. The first-order valence-electron chi connectivity index (χ1n) is 5.80. The fraction of sp³-hybridized carbons (Fsp3) is 0.583. The van der Waals surface area contributed by atoms with E-state index in [-0.39, 0.29) is 29.6 Å². The molecule has 1 fully saturated rings. The number of imidazole rings is 1. The third-order valence-corrected chi connectivity index (χ3v) is 3.36. The number of carbonyl (C=O) groups excluding carboxylic acids is 2. The molecule has 2 amide bonds. The SMILES string of the molecule is CC(C)C1C(=O)NC(=O)CC1c1cncn1C. The van der Waals surface area contributed by atoms with Crippen molar-refractivity contribution in [3.63, 3.8) is 0 Å². The Balaban J connectivity index is 2.37. The highest BCUT2D eigenvalue weighted by atomic mass is 16.2. The van der Waals surface area contributed by atoms with Gasteiger partial charge >= 0.3 is 0 Å². The number of nitrogens with zero attached hydrogens (tertiary/aromatic N) is 2. The molecule has 1 aliphatic rings. The molecular formula is C12H17N3O2. The van der Waals surface area contributed by atoms with Crippen molar-refractivity contribution < 1.29 is 9.59 Å². The zero-order valence-electron chi connectivity index (χ0n) is 10.3. The van der Waals surface area contributed by atoms with Crippen molar-refractivity contribution in [1.82, 2.24) is 14.9 Å². The molecule has 0 spiro atoms. The largest absolute Gasteiger partial charge is 0.337 e. The predicted octanol–water partition coefficient (Wildman–Crippen LogP) is 0.822. The molecule has 0 aromatic carbocycles. The van der Waals surface area contributed by atoms with Crippen molar-refractivity contribution in [2.24, 2.45) is 18.9 Å². The number of hydrogen-bond acceptors (Lipinski definition) is 3. The molecule has 5 nitrogen and oxygen atoms in total. The Morgan fingerprint density at radius 1 is 1.47 bits per heavy atom. The lowest BCUT2D eigenvalue weighted by Crippen LogP contribution is -2.47. The number of aromatic nitrogens is 2. The first-order chi connectivity index (χ1) is 8.00. The van der Waals surface area contributed by atoms with Gasteiger partial charge in [0.15, 0.2) is 0 Å². The molecule has 2 atom stereocenters. The summed E-state index contributed by atoms with van der Waals surface area (Å²) in [6, 6.07) is 0. The highest BCUT2D eigenvalue weighted by Crippen LogP contribution is 2.35. The van der Waals surface area contributed by atoms with Crippen LogP contribution >= 0.6 is 0 Å². The van der Waals surface area contributed by atoms with Gasteiger partial charge in [0.25, 0.3) is 0 Å². The van der Waals surface area contributed by atoms with E-state index >= 15 is 0 Å². The lowest BCUT2D eigenvalue weighted by atomic mass is 9.76. The van der Waals surface area contributed by atoms with Crippen LogP contribution in [0.15, 0.2) is 12.5 Å². The molecule has 2 unspecified atom stereocenters. The monoisotopic (exact) mass is 235 g/mol. The third-order valence-electron chi connectivity index (χ3n) is 3.36. The molecule has 2 heterocycles. The standard InChI is InChI=1S/C12H17N3O2/c1-7(2)11-8(4-10(16)14-12(11)17)9-5-13-6-15(9)3/h5-8,11H,4H2,1-3H3,(H,14,16,17). The van der Waals surface area contributed by atoms with Crippen molar-refractivity contribution in [2.75, 3.05) is 0 Å². The smallest absolute Gasteiger partial charge is 0.230 e. The quantitative estimate of drug-likeness (QED) is 0.772. The molecule has 1 aliphatic heterocycles. The van der Waals surface area contributed by atoms with Gasteiger partial charge in [-0.3, -0.25) is 14.9 Å². The van der Waals surface area contributed by atoms with Gasteiger partial charge in [-0.15, -0.1) is 0 Å². The molecular weight excluding hydrogens is 218 g/mol. The zero-order chi connectivity index (χ0) is 12.6. The Bertz CT molecular complexity index is 450. The maximum atomic E-state index is 11.9. The van der Waals surface area contributed by atoms with Gasteiger partial charge in [0.05, 0.1) is 6.33 Å². The van der Waals surface area contributed by atoms with E-state index in [1.54, 1.807) is 12.5 Å². The molecule has 0 bridgehead atoms. The van der Waals surface area contributed by atoms with Crippen LogP contribution in [0.4, 0.5) is 0 Å². The average molecular weight is 235 g/mol. The molecule has 0 aliphatic carbocycles. The van der Waals surface area contributed by atoms with Crippen LogP contribution in [0, 0.1) is 11.8 Å². The van der Waals surface area contributed by atoms with Crippen LogP contribution in [0.25, 0.3) is 0 Å². The Hall–Kier alpha value is -1.65. The Morgan fingerprint density at radius 2 is 2.18 bits per heavy atom. The van der Waals surface area contributed by atoms with E-state index in [1.807, 2.05) is 25.5 Å². The van der Waals surface area contributed by atoms with Crippen LogP contribution in [-0.4, -0.2) is 21.4 Å². The summed E-state index contributed by atoms with van der Waals surface area (Å²) < 4.78 is 1.88. The maximum Gasteiger partial charge on any atom is 0.230 e. The summed E-state index contributed by atoms with van der Waals surface area (Å²) in [7, 11) is 1.89. The lowest BCUT2D eigenvalue weighted by Gasteiger charge is -2.32. The number of imide groups is 1. The van der Waals surface area contributed by atoms with Gasteiger partial charge < -0.3 is 4.57 Å². The summed E-state index contributed by atoms with van der Waals surface area (Å²) in [5, 5.41) is 2.41. The summed E-state index contributed by atoms with van der Waals surface area (Å²) in [5.74, 6) is -0.393. The summed E-state index contributed by atoms with van der Waals surface area (Å²) >= 11 is 0. The molecule has 1 saturated heterocycles. The number of aryl methyl sites for hydroxylation is 1. The van der Waals surface area contributed by atoms with Crippen LogP contribution in [0.1, 0.15) is 31.9 Å². The molecule has 2 rings (SSSR count). The van der Waals surface area contributed by atoms with Gasteiger partial charge in [-0.2, -0.15) is 0 Å². The van der Waals surface area contributed by atoms with Gasteiger partial charge in [0.1, 0.15) is 0 Å². The first-order valence-corrected chi connectivity index (χ1v) is 5.80. The second-order valence-electron chi connectivity index (χ2n) is 4.92. The van der Waals surface area contributed by atoms with E-state index in [2.05, 4.69) is 10.3 Å². The van der Waals surface area contributed by atoms with E-state index in [9.17, 15) is 9.59 Å². The number of carbonyl (C=O) groups is 2. The number of piperidine rings is 1. The van der Waals surface area contributed by atoms with E-state index in [0.29, 0.717) is 6.42 Å². The second-order valence-corrected chi connectivity index (χ2v) is 4.92. The van der Waals surface area contributed by atoms with Crippen LogP contribution in [0.5, 0.6) is 0 Å². The second kappa shape index (κ2) is 4.31. The van der Waals surface area contributed by atoms with Crippen LogP contribution < -0.4 is 5.32 Å². The number of amides is 2. The summed E-state index contributed by atoms with van der Waals surface area (Å²) in [6.45, 7) is 4.01. The van der Waals surface area contributed by atoms with Gasteiger partial charge in [-0.25, -0.2) is 4.98 Å². The lowest BCUT2D eigenvalue weighted by molar-refractivity contribution is -0.138. The number of rotatable bonds is 2. The zero-order valence-corrected chi connectivity index (χ0v) is 10.3. The highest BCUT2D eigenvalue weighted by molar-refractivity contribution is 5.99. The fourth-order valence-corrected chi connectivity index (χ4v) is 2.56. The van der Waals surface area contributed by atoms with Gasteiger partial charge in [0.2, 0.25) is 11.8 Å². The van der Waals surface area contributed by atoms with Crippen molar-refractivity contribution in [3.05, 3.63) is 18.2 Å². The number of hydrogen-bond donors (Lipinski definition) is 1. The molecule has 1 N–H and O–H groups in total. The van der Waals surface area contributed by atoms with Crippen LogP contribution in [0.3, 0.4) is 0 Å². The van der Waals surface area contributed by atoms with Crippen molar-refractivity contribution in [2.45, 2.75) is 26.2 Å². The third kappa shape index (κ3) is 2.09. The van der Waals surface area contributed by atoms with E-state index in [1.165, 1.54) is 0 Å². The topological polar surface area (TPSA) is 64.0 Å². The van der Waals surface area contributed by atoms with Crippen molar-refractivity contribution in [3.8, 4) is 0 Å². The summed E-state index contributed by atoms with van der Waals surface area (Å²) in [5.41, 5.74) is 0.951. The molecule has 1 aromatic heterocycles.